The monoisotopic (exact) mass is 459 g/mol. The van der Waals surface area contributed by atoms with Gasteiger partial charge in [0.05, 0.1) is 23.7 Å². The minimum atomic E-state index is -0.0183. The van der Waals surface area contributed by atoms with Gasteiger partial charge < -0.3 is 15.0 Å². The Morgan fingerprint density at radius 2 is 1.97 bits per heavy atom. The molecule has 0 saturated carbocycles. The summed E-state index contributed by atoms with van der Waals surface area (Å²) in [5.74, 6) is 1.76. The molecule has 4 rings (SSSR count). The highest BCUT2D eigenvalue weighted by Gasteiger charge is 2.23. The summed E-state index contributed by atoms with van der Waals surface area (Å²) in [6.07, 6.45) is 7.18. The molecule has 0 spiro atoms. The number of imidazole rings is 1. The Morgan fingerprint density at radius 3 is 2.68 bits per heavy atom. The van der Waals surface area contributed by atoms with Crippen LogP contribution in [0.1, 0.15) is 55.7 Å². The lowest BCUT2D eigenvalue weighted by molar-refractivity contribution is -0.505. The first-order valence-corrected chi connectivity index (χ1v) is 11.7. The van der Waals surface area contributed by atoms with E-state index in [-0.39, 0.29) is 17.7 Å². The number of primary amides is 1. The lowest BCUT2D eigenvalue weighted by atomic mass is 9.90. The number of unbranched alkanes of at least 4 members (excludes halogenated alkanes) is 1. The third-order valence-corrected chi connectivity index (χ3v) is 6.04. The smallest absolute Gasteiger partial charge is 0.347 e. The zero-order valence-electron chi connectivity index (χ0n) is 19.9. The fourth-order valence-corrected chi connectivity index (χ4v) is 4.10. The minimum absolute atomic E-state index is 0.0183. The zero-order chi connectivity index (χ0) is 24.1. The van der Waals surface area contributed by atoms with Gasteiger partial charge in [-0.1, -0.05) is 20.3 Å². The Kier molecular flexibility index (Phi) is 7.23. The van der Waals surface area contributed by atoms with Crippen LogP contribution in [0.2, 0.25) is 0 Å². The maximum Gasteiger partial charge on any atom is 0.347 e. The molecule has 1 heterocycles. The Labute approximate surface area is 199 Å². The van der Waals surface area contributed by atoms with Crippen molar-refractivity contribution in [2.75, 3.05) is 12.4 Å². The number of carbonyl (C=O) groups excluding carboxylic acids is 2. The number of aromatic nitrogens is 2. The van der Waals surface area contributed by atoms with Gasteiger partial charge in [-0.25, -0.2) is 9.78 Å². The molecular formula is C27H31N4O3+. The summed E-state index contributed by atoms with van der Waals surface area (Å²) in [6.45, 7) is 4.21. The van der Waals surface area contributed by atoms with E-state index in [4.69, 9.17) is 9.72 Å². The van der Waals surface area contributed by atoms with Crippen LogP contribution < -0.4 is 15.4 Å². The fraction of sp³-hybridized carbons (Fsp3) is 0.296. The number of H-pyrrole nitrogens is 1. The lowest BCUT2D eigenvalue weighted by Gasteiger charge is -2.18. The number of methoxy groups -OCH3 is 1. The molecule has 4 N–H and O–H groups in total. The van der Waals surface area contributed by atoms with Gasteiger partial charge in [0.1, 0.15) is 17.3 Å². The SMILES string of the molecule is CCCCC(=O)Nc1ccc2nc(C3=CC=C([NH2+]C(=O)c4ccc(OC)cc4)CC3C)[nH]c2c1. The molecule has 1 unspecified atom stereocenters. The highest BCUT2D eigenvalue weighted by Crippen LogP contribution is 2.30. The van der Waals surface area contributed by atoms with Crippen molar-refractivity contribution in [3.63, 3.8) is 0 Å². The van der Waals surface area contributed by atoms with E-state index in [1.165, 1.54) is 0 Å². The second kappa shape index (κ2) is 10.5. The second-order valence-corrected chi connectivity index (χ2v) is 8.67. The number of quaternary nitrogens is 1. The van der Waals surface area contributed by atoms with Crippen molar-refractivity contribution in [3.8, 4) is 5.75 Å². The number of ether oxygens (including phenoxy) is 1. The Bertz CT molecular complexity index is 1250. The molecule has 7 nitrogen and oxygen atoms in total. The van der Waals surface area contributed by atoms with Crippen LogP contribution in [0, 0.1) is 5.92 Å². The molecule has 2 aromatic carbocycles. The minimum Gasteiger partial charge on any atom is -0.497 e. The molecule has 0 radical (unpaired) electrons. The summed E-state index contributed by atoms with van der Waals surface area (Å²) < 4.78 is 5.16. The molecule has 0 bridgehead atoms. The molecule has 34 heavy (non-hydrogen) atoms. The number of rotatable bonds is 8. The first kappa shape index (κ1) is 23.4. The van der Waals surface area contributed by atoms with Gasteiger partial charge in [-0.15, -0.1) is 0 Å². The molecule has 7 heteroatoms. The molecule has 176 valence electrons. The summed E-state index contributed by atoms with van der Waals surface area (Å²) in [5.41, 5.74) is 5.23. The maximum absolute atomic E-state index is 12.6. The van der Waals surface area contributed by atoms with Crippen molar-refractivity contribution >= 4 is 34.1 Å². The number of fused-ring (bicyclic) bond motifs is 1. The second-order valence-electron chi connectivity index (χ2n) is 8.67. The number of anilines is 1. The summed E-state index contributed by atoms with van der Waals surface area (Å²) in [5, 5.41) is 4.66. The Balaban J connectivity index is 1.47. The Hall–Kier alpha value is -3.71. The molecule has 0 saturated heterocycles. The van der Waals surface area contributed by atoms with Crippen LogP contribution in [0.5, 0.6) is 5.75 Å². The molecule has 1 aliphatic rings. The normalized spacial score (nSPS) is 15.6. The van der Waals surface area contributed by atoms with Crippen molar-refractivity contribution < 1.29 is 19.6 Å². The molecule has 0 aliphatic heterocycles. The van der Waals surface area contributed by atoms with Crippen LogP contribution in [0.4, 0.5) is 5.69 Å². The first-order chi connectivity index (χ1) is 16.5. The molecule has 3 aromatic rings. The maximum atomic E-state index is 12.6. The number of nitrogens with two attached hydrogens (primary N) is 1. The predicted octanol–water partition coefficient (Wildman–Crippen LogP) is 4.41. The van der Waals surface area contributed by atoms with Gasteiger partial charge >= 0.3 is 5.91 Å². The third kappa shape index (κ3) is 5.43. The van der Waals surface area contributed by atoms with Crippen molar-refractivity contribution in [2.45, 2.75) is 39.5 Å². The van der Waals surface area contributed by atoms with Gasteiger partial charge in [-0.2, -0.15) is 0 Å². The molecule has 0 fully saturated rings. The van der Waals surface area contributed by atoms with E-state index in [2.05, 4.69) is 24.1 Å². The summed E-state index contributed by atoms with van der Waals surface area (Å²) >= 11 is 0. The van der Waals surface area contributed by atoms with Crippen molar-refractivity contribution in [3.05, 3.63) is 71.7 Å². The van der Waals surface area contributed by atoms with E-state index in [0.29, 0.717) is 12.0 Å². The summed E-state index contributed by atoms with van der Waals surface area (Å²) in [6, 6.07) is 12.9. The highest BCUT2D eigenvalue weighted by atomic mass is 16.5. The molecule has 1 atom stereocenters. The van der Waals surface area contributed by atoms with E-state index in [1.54, 1.807) is 36.7 Å². The van der Waals surface area contributed by atoms with Crippen LogP contribution >= 0.6 is 0 Å². The predicted molar refractivity (Wildman–Crippen MR) is 133 cm³/mol. The van der Waals surface area contributed by atoms with Crippen LogP contribution in [-0.4, -0.2) is 28.9 Å². The van der Waals surface area contributed by atoms with Gasteiger partial charge in [-0.3, -0.25) is 10.1 Å². The van der Waals surface area contributed by atoms with Gasteiger partial charge in [0, 0.05) is 18.5 Å². The fourth-order valence-electron chi connectivity index (χ4n) is 4.10. The van der Waals surface area contributed by atoms with Gasteiger partial charge in [0.2, 0.25) is 5.91 Å². The largest absolute Gasteiger partial charge is 0.497 e. The highest BCUT2D eigenvalue weighted by molar-refractivity contribution is 5.93. The summed E-state index contributed by atoms with van der Waals surface area (Å²) in [7, 11) is 1.61. The number of benzene rings is 2. The topological polar surface area (TPSA) is 101 Å². The van der Waals surface area contributed by atoms with Gasteiger partial charge in [0.15, 0.2) is 0 Å². The Morgan fingerprint density at radius 1 is 1.18 bits per heavy atom. The quantitative estimate of drug-likeness (QED) is 0.464. The van der Waals surface area contributed by atoms with Gasteiger partial charge in [-0.05, 0) is 72.5 Å². The molecule has 1 aliphatic carbocycles. The van der Waals surface area contributed by atoms with Crippen LogP contribution in [0.25, 0.3) is 16.6 Å². The number of carbonyl (C=O) groups is 2. The van der Waals surface area contributed by atoms with Crippen molar-refractivity contribution in [2.24, 2.45) is 5.92 Å². The van der Waals surface area contributed by atoms with Crippen LogP contribution in [0.3, 0.4) is 0 Å². The summed E-state index contributed by atoms with van der Waals surface area (Å²) in [4.78, 5) is 32.8. The third-order valence-electron chi connectivity index (χ3n) is 6.04. The zero-order valence-corrected chi connectivity index (χ0v) is 19.9. The molecule has 1 aromatic heterocycles. The van der Waals surface area contributed by atoms with E-state index in [9.17, 15) is 9.59 Å². The average Bonchev–Trinajstić information content (AvgIpc) is 3.26. The van der Waals surface area contributed by atoms with Crippen molar-refractivity contribution in [1.29, 1.82) is 0 Å². The number of allylic oxidation sites excluding steroid dienone is 4. The lowest BCUT2D eigenvalue weighted by Crippen LogP contribution is -2.86. The standard InChI is InChI=1S/C27H30N4O3/c1-4-5-6-25(32)28-20-10-14-23-24(16-20)31-26(30-23)22-13-9-19(15-17(22)2)29-27(33)18-7-11-21(34-3)12-8-18/h7-14,16-17H,4-6,15H2,1-3H3,(H,28,32)(H,29,33)(H,30,31)/p+1. The average molecular weight is 460 g/mol. The number of hydrogen-bond donors (Lipinski definition) is 3. The number of amides is 2. The van der Waals surface area contributed by atoms with Crippen LogP contribution in [0.15, 0.2) is 60.3 Å². The number of aromatic amines is 1. The number of nitrogens with zero attached hydrogens (tertiary/aromatic N) is 1. The van der Waals surface area contributed by atoms with Gasteiger partial charge in [0.25, 0.3) is 0 Å². The number of hydrogen-bond acceptors (Lipinski definition) is 4. The van der Waals surface area contributed by atoms with E-state index in [0.717, 1.165) is 58.8 Å². The van der Waals surface area contributed by atoms with E-state index >= 15 is 0 Å². The van der Waals surface area contributed by atoms with Crippen molar-refractivity contribution in [1.82, 2.24) is 9.97 Å². The van der Waals surface area contributed by atoms with E-state index in [1.807, 2.05) is 30.4 Å². The van der Waals surface area contributed by atoms with E-state index < -0.39 is 0 Å². The molecular weight excluding hydrogens is 428 g/mol. The molecule has 2 amide bonds. The first-order valence-electron chi connectivity index (χ1n) is 11.7. The van der Waals surface area contributed by atoms with Crippen LogP contribution in [-0.2, 0) is 4.79 Å². The number of nitrogens with one attached hydrogen (secondary N) is 2.